The van der Waals surface area contributed by atoms with Gasteiger partial charge in [0, 0.05) is 6.92 Å². The van der Waals surface area contributed by atoms with Gasteiger partial charge in [0.2, 0.25) is 0 Å². The molecule has 0 aliphatic heterocycles. The van der Waals surface area contributed by atoms with E-state index in [1.807, 2.05) is 0 Å². The Kier molecular flexibility index (Phi) is 4.52. The van der Waals surface area contributed by atoms with Crippen molar-refractivity contribution < 1.29 is 24.2 Å². The zero-order valence-electron chi connectivity index (χ0n) is 6.86. The fourth-order valence-corrected chi connectivity index (χ4v) is 0.457. The van der Waals surface area contributed by atoms with Crippen molar-refractivity contribution >= 4 is 12.1 Å². The highest BCUT2D eigenvalue weighted by atomic mass is 16.7. The number of carbonyl (C=O) groups is 2. The van der Waals surface area contributed by atoms with E-state index in [1.54, 1.807) is 6.92 Å². The van der Waals surface area contributed by atoms with Crippen LogP contribution in [0, 0.1) is 0 Å². The first-order chi connectivity index (χ1) is 5.56. The van der Waals surface area contributed by atoms with E-state index in [2.05, 4.69) is 9.47 Å². The molecule has 0 rings (SSSR count). The van der Waals surface area contributed by atoms with Crippen molar-refractivity contribution in [1.29, 1.82) is 0 Å². The molecule has 68 valence electrons. The first-order valence-electron chi connectivity index (χ1n) is 3.25. The molecule has 1 N–H and O–H groups in total. The smallest absolute Gasteiger partial charge is 0.458 e. The van der Waals surface area contributed by atoms with Crippen LogP contribution in [0.1, 0.15) is 13.8 Å². The normalized spacial score (nSPS) is 10.7. The van der Waals surface area contributed by atoms with Crippen molar-refractivity contribution in [2.24, 2.45) is 0 Å². The maximum Gasteiger partial charge on any atom is 0.511 e. The highest BCUT2D eigenvalue weighted by molar-refractivity contribution is 5.66. The summed E-state index contributed by atoms with van der Waals surface area (Å²) >= 11 is 0. The van der Waals surface area contributed by atoms with E-state index in [0.717, 1.165) is 0 Å². The zero-order chi connectivity index (χ0) is 9.56. The Labute approximate surface area is 69.6 Å². The Morgan fingerprint density at radius 1 is 1.50 bits per heavy atom. The lowest BCUT2D eigenvalue weighted by atomic mass is 10.5. The maximum atomic E-state index is 10.3. The summed E-state index contributed by atoms with van der Waals surface area (Å²) in [7, 11) is 0. The van der Waals surface area contributed by atoms with Crippen molar-refractivity contribution in [3.05, 3.63) is 11.8 Å². The van der Waals surface area contributed by atoms with Crippen LogP contribution >= 0.6 is 0 Å². The summed E-state index contributed by atoms with van der Waals surface area (Å²) in [6, 6.07) is 0. The van der Waals surface area contributed by atoms with Crippen molar-refractivity contribution in [3.63, 3.8) is 0 Å². The molecule has 0 bridgehead atoms. The number of rotatable bonds is 3. The fourth-order valence-electron chi connectivity index (χ4n) is 0.457. The van der Waals surface area contributed by atoms with Crippen LogP contribution in [0.2, 0.25) is 0 Å². The lowest BCUT2D eigenvalue weighted by Crippen LogP contribution is -2.08. The first-order valence-corrected chi connectivity index (χ1v) is 3.25. The van der Waals surface area contributed by atoms with E-state index >= 15 is 0 Å². The summed E-state index contributed by atoms with van der Waals surface area (Å²) in [6.07, 6.45) is -0.00731. The van der Waals surface area contributed by atoms with Crippen LogP contribution in [0.5, 0.6) is 0 Å². The highest BCUT2D eigenvalue weighted by Crippen LogP contribution is 1.98. The molecule has 0 aliphatic rings. The van der Waals surface area contributed by atoms with Gasteiger partial charge in [-0.25, -0.2) is 4.79 Å². The Morgan fingerprint density at radius 2 is 2.08 bits per heavy atom. The third-order valence-corrected chi connectivity index (χ3v) is 0.958. The molecule has 0 aliphatic carbocycles. The van der Waals surface area contributed by atoms with Gasteiger partial charge in [-0.2, -0.15) is 0 Å². The van der Waals surface area contributed by atoms with Gasteiger partial charge in [-0.05, 0) is 13.0 Å². The molecule has 0 aromatic heterocycles. The Hall–Kier alpha value is -1.52. The lowest BCUT2D eigenvalue weighted by Gasteiger charge is -2.04. The summed E-state index contributed by atoms with van der Waals surface area (Å²) in [5, 5.41) is 8.18. The van der Waals surface area contributed by atoms with Gasteiger partial charge in [-0.1, -0.05) is 0 Å². The molecule has 12 heavy (non-hydrogen) atoms. The number of esters is 1. The van der Waals surface area contributed by atoms with Crippen LogP contribution in [0.4, 0.5) is 4.79 Å². The van der Waals surface area contributed by atoms with E-state index in [4.69, 9.17) is 5.11 Å². The lowest BCUT2D eigenvalue weighted by molar-refractivity contribution is -0.140. The zero-order valence-corrected chi connectivity index (χ0v) is 6.86. The van der Waals surface area contributed by atoms with Gasteiger partial charge in [0.15, 0.2) is 0 Å². The van der Waals surface area contributed by atoms with Gasteiger partial charge in [0.1, 0.15) is 12.4 Å². The van der Waals surface area contributed by atoms with Crippen molar-refractivity contribution in [1.82, 2.24) is 0 Å². The standard InChI is InChI=1S/C7H10O5/c1-3-6(12-7(9)10)4-11-5(2)8/h3H,4H2,1-2H3,(H,9,10)/b6-3+. The summed E-state index contributed by atoms with van der Waals surface area (Å²) in [6.45, 7) is 2.66. The Morgan fingerprint density at radius 3 is 2.42 bits per heavy atom. The maximum absolute atomic E-state index is 10.3. The molecule has 0 saturated carbocycles. The van der Waals surface area contributed by atoms with Gasteiger partial charge in [-0.15, -0.1) is 0 Å². The fraction of sp³-hybridized carbons (Fsp3) is 0.429. The molecule has 0 aromatic rings. The molecule has 5 heteroatoms. The quantitative estimate of drug-likeness (QED) is 0.513. The second-order valence-corrected chi connectivity index (χ2v) is 1.90. The number of allylic oxidation sites excluding steroid dienone is 1. The number of carbonyl (C=O) groups excluding carboxylic acids is 1. The second-order valence-electron chi connectivity index (χ2n) is 1.90. The van der Waals surface area contributed by atoms with E-state index in [9.17, 15) is 9.59 Å². The van der Waals surface area contributed by atoms with Gasteiger partial charge in [-0.3, -0.25) is 4.79 Å². The molecule has 0 radical (unpaired) electrons. The molecule has 0 aromatic carbocycles. The number of hydrogen-bond donors (Lipinski definition) is 1. The summed E-state index contributed by atoms with van der Waals surface area (Å²) in [5.74, 6) is -0.388. The van der Waals surface area contributed by atoms with E-state index in [1.165, 1.54) is 13.0 Å². The molecule has 0 spiro atoms. The summed E-state index contributed by atoms with van der Waals surface area (Å²) < 4.78 is 8.75. The summed E-state index contributed by atoms with van der Waals surface area (Å²) in [4.78, 5) is 20.3. The van der Waals surface area contributed by atoms with Gasteiger partial charge in [0.05, 0.1) is 0 Å². The molecule has 0 atom stereocenters. The van der Waals surface area contributed by atoms with Gasteiger partial charge in [0.25, 0.3) is 0 Å². The Balaban J connectivity index is 3.85. The second kappa shape index (κ2) is 5.17. The summed E-state index contributed by atoms with van der Waals surface area (Å²) in [5.41, 5.74) is 0. The monoisotopic (exact) mass is 174 g/mol. The van der Waals surface area contributed by atoms with Crippen LogP contribution in [0.15, 0.2) is 11.8 Å². The van der Waals surface area contributed by atoms with Gasteiger partial charge >= 0.3 is 12.1 Å². The average Bonchev–Trinajstić information content (AvgIpc) is 1.97. The molecule has 0 fully saturated rings. The molecule has 0 unspecified atom stereocenters. The van der Waals surface area contributed by atoms with Gasteiger partial charge < -0.3 is 14.6 Å². The van der Waals surface area contributed by atoms with E-state index in [0.29, 0.717) is 0 Å². The molecule has 5 nitrogen and oxygen atoms in total. The van der Waals surface area contributed by atoms with Crippen molar-refractivity contribution in [2.75, 3.05) is 6.61 Å². The number of ether oxygens (including phenoxy) is 2. The third kappa shape index (κ3) is 5.28. The van der Waals surface area contributed by atoms with Crippen molar-refractivity contribution in [3.8, 4) is 0 Å². The predicted molar refractivity (Wildman–Crippen MR) is 39.5 cm³/mol. The SMILES string of the molecule is C/C=C(\COC(C)=O)OC(=O)O. The van der Waals surface area contributed by atoms with Crippen molar-refractivity contribution in [2.45, 2.75) is 13.8 Å². The van der Waals surface area contributed by atoms with Crippen LogP contribution in [0.3, 0.4) is 0 Å². The molecular weight excluding hydrogens is 164 g/mol. The van der Waals surface area contributed by atoms with Crippen LogP contribution in [0.25, 0.3) is 0 Å². The molecule has 0 heterocycles. The number of hydrogen-bond acceptors (Lipinski definition) is 4. The van der Waals surface area contributed by atoms with Crippen LogP contribution < -0.4 is 0 Å². The molecule has 0 amide bonds. The highest BCUT2D eigenvalue weighted by Gasteiger charge is 2.04. The number of carboxylic acid groups (broad SMARTS) is 1. The van der Waals surface area contributed by atoms with E-state index < -0.39 is 12.1 Å². The minimum Gasteiger partial charge on any atom is -0.458 e. The minimum atomic E-state index is -1.42. The largest absolute Gasteiger partial charge is 0.511 e. The average molecular weight is 174 g/mol. The minimum absolute atomic E-state index is 0.0951. The third-order valence-electron chi connectivity index (χ3n) is 0.958. The molecular formula is C7H10O5. The first kappa shape index (κ1) is 10.5. The van der Waals surface area contributed by atoms with E-state index in [-0.39, 0.29) is 12.4 Å². The van der Waals surface area contributed by atoms with Crippen LogP contribution in [-0.4, -0.2) is 23.8 Å². The van der Waals surface area contributed by atoms with Crippen LogP contribution in [-0.2, 0) is 14.3 Å². The topological polar surface area (TPSA) is 72.8 Å². The molecule has 0 saturated heterocycles. The Bertz CT molecular complexity index is 206. The predicted octanol–water partition coefficient (Wildman–Crippen LogP) is 1.15.